The monoisotopic (exact) mass is 314 g/mol. The summed E-state index contributed by atoms with van der Waals surface area (Å²) in [4.78, 5) is 4.60. The summed E-state index contributed by atoms with van der Waals surface area (Å²) in [5.41, 5.74) is 6.55. The molecule has 0 bridgehead atoms. The van der Waals surface area contributed by atoms with E-state index < -0.39 is 0 Å². The average molecular weight is 314 g/mol. The number of nitrogens with two attached hydrogens (primary N) is 1. The summed E-state index contributed by atoms with van der Waals surface area (Å²) in [6.45, 7) is 4.39. The number of methoxy groups -OCH3 is 1. The Kier molecular flexibility index (Phi) is 3.92. The molecule has 23 heavy (non-hydrogen) atoms. The molecule has 3 aromatic rings. The molecular formula is C14H18N8O. The molecular weight excluding hydrogens is 296 g/mol. The quantitative estimate of drug-likeness (QED) is 0.748. The van der Waals surface area contributed by atoms with E-state index in [1.165, 1.54) is 4.68 Å². The molecule has 0 radical (unpaired) electrons. The van der Waals surface area contributed by atoms with Gasteiger partial charge in [0.1, 0.15) is 18.0 Å². The van der Waals surface area contributed by atoms with Gasteiger partial charge in [0.2, 0.25) is 5.95 Å². The first-order valence-electron chi connectivity index (χ1n) is 7.21. The number of nitrogens with zero attached hydrogens (tertiary/aromatic N) is 7. The van der Waals surface area contributed by atoms with Gasteiger partial charge in [0.05, 0.1) is 7.11 Å². The summed E-state index contributed by atoms with van der Waals surface area (Å²) in [5.74, 6) is 2.54. The number of tetrazole rings is 1. The molecule has 0 saturated heterocycles. The van der Waals surface area contributed by atoms with E-state index in [1.807, 2.05) is 38.1 Å². The normalized spacial score (nSPS) is 11.1. The summed E-state index contributed by atoms with van der Waals surface area (Å²) >= 11 is 0. The highest BCUT2D eigenvalue weighted by Gasteiger charge is 2.18. The number of para-hydroxylation sites is 2. The molecule has 2 N–H and O–H groups in total. The van der Waals surface area contributed by atoms with Gasteiger partial charge in [-0.25, -0.2) is 14.3 Å². The second-order valence-corrected chi connectivity index (χ2v) is 5.32. The van der Waals surface area contributed by atoms with E-state index in [-0.39, 0.29) is 11.9 Å². The molecule has 9 nitrogen and oxygen atoms in total. The van der Waals surface area contributed by atoms with Crippen LogP contribution in [0.5, 0.6) is 5.75 Å². The summed E-state index contributed by atoms with van der Waals surface area (Å²) in [6.07, 6.45) is 0. The van der Waals surface area contributed by atoms with Crippen molar-refractivity contribution in [3.05, 3.63) is 35.9 Å². The lowest BCUT2D eigenvalue weighted by molar-refractivity contribution is 0.411. The SMILES string of the molecule is COc1ccccc1-n1nc(C(C)C)nc1Cn1nnnc1N. The minimum atomic E-state index is 0.191. The van der Waals surface area contributed by atoms with Crippen LogP contribution >= 0.6 is 0 Å². The van der Waals surface area contributed by atoms with Gasteiger partial charge >= 0.3 is 0 Å². The Morgan fingerprint density at radius 2 is 2.04 bits per heavy atom. The molecule has 0 fully saturated rings. The van der Waals surface area contributed by atoms with Gasteiger partial charge in [-0.1, -0.05) is 31.1 Å². The zero-order valence-electron chi connectivity index (χ0n) is 13.2. The fourth-order valence-corrected chi connectivity index (χ4v) is 2.16. The predicted octanol–water partition coefficient (Wildman–Crippen LogP) is 1.02. The fourth-order valence-electron chi connectivity index (χ4n) is 2.16. The van der Waals surface area contributed by atoms with E-state index in [0.717, 1.165) is 11.5 Å². The number of aromatic nitrogens is 7. The van der Waals surface area contributed by atoms with Crippen LogP contribution < -0.4 is 10.5 Å². The Bertz CT molecular complexity index is 807. The van der Waals surface area contributed by atoms with Gasteiger partial charge in [-0.2, -0.15) is 5.10 Å². The first-order chi connectivity index (χ1) is 11.1. The maximum Gasteiger partial charge on any atom is 0.240 e. The van der Waals surface area contributed by atoms with Crippen molar-refractivity contribution in [2.45, 2.75) is 26.3 Å². The third-order valence-corrected chi connectivity index (χ3v) is 3.37. The second-order valence-electron chi connectivity index (χ2n) is 5.32. The van der Waals surface area contributed by atoms with Gasteiger partial charge in [0.25, 0.3) is 0 Å². The van der Waals surface area contributed by atoms with Gasteiger partial charge in [0.15, 0.2) is 11.6 Å². The Morgan fingerprint density at radius 3 is 2.70 bits per heavy atom. The molecule has 2 aromatic heterocycles. The van der Waals surface area contributed by atoms with Crippen LogP contribution in [0.3, 0.4) is 0 Å². The summed E-state index contributed by atoms with van der Waals surface area (Å²) < 4.78 is 8.64. The fraction of sp³-hybridized carbons (Fsp3) is 0.357. The number of hydrogen-bond donors (Lipinski definition) is 1. The highest BCUT2D eigenvalue weighted by atomic mass is 16.5. The Balaban J connectivity index is 2.09. The van der Waals surface area contributed by atoms with Crippen LogP contribution in [0, 0.1) is 0 Å². The van der Waals surface area contributed by atoms with Crippen molar-refractivity contribution in [2.75, 3.05) is 12.8 Å². The molecule has 0 atom stereocenters. The minimum Gasteiger partial charge on any atom is -0.494 e. The van der Waals surface area contributed by atoms with Crippen molar-refractivity contribution in [1.82, 2.24) is 35.0 Å². The molecule has 0 aliphatic carbocycles. The Labute approximate surface area is 133 Å². The third-order valence-electron chi connectivity index (χ3n) is 3.37. The number of ether oxygens (including phenoxy) is 1. The van der Waals surface area contributed by atoms with Crippen molar-refractivity contribution in [2.24, 2.45) is 0 Å². The smallest absolute Gasteiger partial charge is 0.240 e. The van der Waals surface area contributed by atoms with Crippen molar-refractivity contribution < 1.29 is 4.74 Å². The van der Waals surface area contributed by atoms with Crippen molar-refractivity contribution in [1.29, 1.82) is 0 Å². The van der Waals surface area contributed by atoms with Crippen LogP contribution in [0.1, 0.15) is 31.4 Å². The van der Waals surface area contributed by atoms with Crippen LogP contribution in [0.4, 0.5) is 5.95 Å². The first-order valence-corrected chi connectivity index (χ1v) is 7.21. The lowest BCUT2D eigenvalue weighted by Gasteiger charge is -2.10. The highest BCUT2D eigenvalue weighted by molar-refractivity contribution is 5.46. The molecule has 1 aromatic carbocycles. The zero-order valence-corrected chi connectivity index (χ0v) is 13.2. The molecule has 9 heteroatoms. The number of nitrogen functional groups attached to an aromatic ring is 1. The minimum absolute atomic E-state index is 0.191. The molecule has 0 saturated carbocycles. The largest absolute Gasteiger partial charge is 0.494 e. The van der Waals surface area contributed by atoms with Crippen LogP contribution in [0.25, 0.3) is 5.69 Å². The van der Waals surface area contributed by atoms with E-state index in [0.29, 0.717) is 18.1 Å². The molecule has 2 heterocycles. The first kappa shape index (κ1) is 14.9. The molecule has 0 amide bonds. The lowest BCUT2D eigenvalue weighted by atomic mass is 10.2. The summed E-state index contributed by atoms with van der Waals surface area (Å²) in [6, 6.07) is 7.62. The maximum absolute atomic E-state index is 5.74. The topological polar surface area (TPSA) is 110 Å². The lowest BCUT2D eigenvalue weighted by Crippen LogP contribution is -2.12. The average Bonchev–Trinajstić information content (AvgIpc) is 3.15. The number of anilines is 1. The van der Waals surface area contributed by atoms with E-state index in [2.05, 4.69) is 25.6 Å². The van der Waals surface area contributed by atoms with Gasteiger partial charge in [-0.15, -0.1) is 0 Å². The van der Waals surface area contributed by atoms with E-state index in [4.69, 9.17) is 10.5 Å². The molecule has 0 aliphatic heterocycles. The second kappa shape index (κ2) is 6.03. The van der Waals surface area contributed by atoms with Crippen LogP contribution in [-0.2, 0) is 6.54 Å². The number of rotatable bonds is 5. The molecule has 3 rings (SSSR count). The van der Waals surface area contributed by atoms with Gasteiger partial charge in [-0.3, -0.25) is 0 Å². The number of benzene rings is 1. The maximum atomic E-state index is 5.74. The van der Waals surface area contributed by atoms with Crippen LogP contribution in [-0.4, -0.2) is 42.1 Å². The predicted molar refractivity (Wildman–Crippen MR) is 83.3 cm³/mol. The Hall–Kier alpha value is -2.97. The van der Waals surface area contributed by atoms with Crippen molar-refractivity contribution in [3.8, 4) is 11.4 Å². The van der Waals surface area contributed by atoms with Crippen LogP contribution in [0.15, 0.2) is 24.3 Å². The molecule has 120 valence electrons. The van der Waals surface area contributed by atoms with Crippen LogP contribution in [0.2, 0.25) is 0 Å². The standard InChI is InChI=1S/C14H18N8O/c1-9(2)13-16-12(8-21-14(15)17-19-20-21)22(18-13)10-6-4-5-7-11(10)23-3/h4-7,9H,8H2,1-3H3,(H2,15,17,20). The van der Waals surface area contributed by atoms with Crippen molar-refractivity contribution >= 4 is 5.95 Å². The van der Waals surface area contributed by atoms with Gasteiger partial charge in [-0.05, 0) is 22.6 Å². The molecule has 0 spiro atoms. The van der Waals surface area contributed by atoms with E-state index in [1.54, 1.807) is 11.8 Å². The van der Waals surface area contributed by atoms with Gasteiger partial charge < -0.3 is 10.5 Å². The third kappa shape index (κ3) is 2.85. The molecule has 0 unspecified atom stereocenters. The Morgan fingerprint density at radius 1 is 1.26 bits per heavy atom. The number of hydrogen-bond acceptors (Lipinski definition) is 7. The molecule has 0 aliphatic rings. The van der Waals surface area contributed by atoms with Crippen molar-refractivity contribution in [3.63, 3.8) is 0 Å². The van der Waals surface area contributed by atoms with E-state index >= 15 is 0 Å². The van der Waals surface area contributed by atoms with Gasteiger partial charge in [0, 0.05) is 5.92 Å². The van der Waals surface area contributed by atoms with E-state index in [9.17, 15) is 0 Å². The highest BCUT2D eigenvalue weighted by Crippen LogP contribution is 2.24. The summed E-state index contributed by atoms with van der Waals surface area (Å²) in [5, 5.41) is 15.7. The zero-order chi connectivity index (χ0) is 16.4. The summed E-state index contributed by atoms with van der Waals surface area (Å²) in [7, 11) is 1.62.